The third-order valence-corrected chi connectivity index (χ3v) is 3.45. The van der Waals surface area contributed by atoms with Gasteiger partial charge in [0.05, 0.1) is 24.9 Å². The van der Waals surface area contributed by atoms with Crippen molar-refractivity contribution in [3.05, 3.63) is 27.7 Å². The van der Waals surface area contributed by atoms with Crippen LogP contribution in [0.15, 0.2) is 16.6 Å². The van der Waals surface area contributed by atoms with E-state index in [4.69, 9.17) is 9.47 Å². The lowest BCUT2D eigenvalue weighted by molar-refractivity contribution is -0.0483. The fraction of sp³-hybridized carbons (Fsp3) is 0.600. The summed E-state index contributed by atoms with van der Waals surface area (Å²) < 4.78 is 12.3. The minimum atomic E-state index is -0.512. The molecule has 2 rings (SSSR count). The van der Waals surface area contributed by atoms with Gasteiger partial charge in [-0.25, -0.2) is 0 Å². The van der Waals surface area contributed by atoms with Crippen molar-refractivity contribution in [1.82, 2.24) is 0 Å². The highest BCUT2D eigenvalue weighted by Gasteiger charge is 2.20. The Balaban J connectivity index is 2.03. The standard InChI is InChI=1S/C15H21BrO3/c1-15(2,3)19-9-13(17)8-11-7-12(16)6-10-4-5-18-14(10)11/h6-7,13,17H,4-5,8-9H2,1-3H3. The van der Waals surface area contributed by atoms with Crippen molar-refractivity contribution in [1.29, 1.82) is 0 Å². The van der Waals surface area contributed by atoms with E-state index in [1.165, 1.54) is 5.56 Å². The molecule has 1 heterocycles. The minimum absolute atomic E-state index is 0.225. The van der Waals surface area contributed by atoms with Crippen molar-refractivity contribution >= 4 is 15.9 Å². The minimum Gasteiger partial charge on any atom is -0.493 e. The van der Waals surface area contributed by atoms with E-state index in [1.807, 2.05) is 26.8 Å². The van der Waals surface area contributed by atoms with Crippen LogP contribution in [0.25, 0.3) is 0 Å². The third-order valence-electron chi connectivity index (χ3n) is 2.99. The second-order valence-corrected chi connectivity index (χ2v) is 6.85. The Morgan fingerprint density at radius 3 is 2.84 bits per heavy atom. The highest BCUT2D eigenvalue weighted by molar-refractivity contribution is 9.10. The first-order valence-corrected chi connectivity index (χ1v) is 7.40. The maximum absolute atomic E-state index is 10.1. The molecule has 1 unspecified atom stereocenters. The van der Waals surface area contributed by atoms with Gasteiger partial charge in [0.2, 0.25) is 0 Å². The number of hydrogen-bond acceptors (Lipinski definition) is 3. The molecule has 0 aliphatic carbocycles. The van der Waals surface area contributed by atoms with Gasteiger partial charge in [0, 0.05) is 17.3 Å². The van der Waals surface area contributed by atoms with E-state index in [0.29, 0.717) is 13.0 Å². The Hall–Kier alpha value is -0.580. The van der Waals surface area contributed by atoms with Crippen LogP contribution < -0.4 is 4.74 Å². The van der Waals surface area contributed by atoms with Gasteiger partial charge in [-0.2, -0.15) is 0 Å². The summed E-state index contributed by atoms with van der Waals surface area (Å²) in [5.74, 6) is 0.943. The summed E-state index contributed by atoms with van der Waals surface area (Å²) in [7, 11) is 0. The van der Waals surface area contributed by atoms with E-state index >= 15 is 0 Å². The molecule has 0 saturated heterocycles. The van der Waals surface area contributed by atoms with Crippen molar-refractivity contribution < 1.29 is 14.6 Å². The summed E-state index contributed by atoms with van der Waals surface area (Å²) >= 11 is 3.51. The van der Waals surface area contributed by atoms with Crippen LogP contribution in [0, 0.1) is 0 Å². The molecule has 1 atom stereocenters. The van der Waals surface area contributed by atoms with Crippen LogP contribution in [-0.2, 0) is 17.6 Å². The average molecular weight is 329 g/mol. The number of aliphatic hydroxyl groups excluding tert-OH is 1. The predicted octanol–water partition coefficient (Wildman–Crippen LogP) is 3.10. The van der Waals surface area contributed by atoms with Crippen molar-refractivity contribution in [3.8, 4) is 5.75 Å². The van der Waals surface area contributed by atoms with Gasteiger partial charge in [-0.3, -0.25) is 0 Å². The fourth-order valence-corrected chi connectivity index (χ4v) is 2.71. The molecule has 19 heavy (non-hydrogen) atoms. The molecule has 1 aliphatic rings. The molecule has 1 aromatic carbocycles. The van der Waals surface area contributed by atoms with Gasteiger partial charge in [0.25, 0.3) is 0 Å². The number of hydrogen-bond donors (Lipinski definition) is 1. The monoisotopic (exact) mass is 328 g/mol. The highest BCUT2D eigenvalue weighted by atomic mass is 79.9. The van der Waals surface area contributed by atoms with Crippen LogP contribution in [0.1, 0.15) is 31.9 Å². The van der Waals surface area contributed by atoms with Gasteiger partial charge in [-0.05, 0) is 44.0 Å². The third kappa shape index (κ3) is 4.20. The van der Waals surface area contributed by atoms with E-state index < -0.39 is 6.10 Å². The van der Waals surface area contributed by atoms with E-state index in [2.05, 4.69) is 22.0 Å². The highest BCUT2D eigenvalue weighted by Crippen LogP contribution is 2.33. The number of rotatable bonds is 4. The van der Waals surface area contributed by atoms with Crippen LogP contribution >= 0.6 is 15.9 Å². The van der Waals surface area contributed by atoms with E-state index in [9.17, 15) is 5.11 Å². The SMILES string of the molecule is CC(C)(C)OCC(O)Cc1cc(Br)cc2c1OCC2. The summed E-state index contributed by atoms with van der Waals surface area (Å²) in [6.45, 7) is 7.02. The van der Waals surface area contributed by atoms with E-state index in [0.717, 1.165) is 28.8 Å². The lowest BCUT2D eigenvalue weighted by Gasteiger charge is -2.22. The maximum Gasteiger partial charge on any atom is 0.125 e. The summed E-state index contributed by atoms with van der Waals surface area (Å²) in [6.07, 6.45) is 0.982. The zero-order valence-electron chi connectivity index (χ0n) is 11.7. The van der Waals surface area contributed by atoms with Crippen molar-refractivity contribution in [2.45, 2.75) is 45.3 Å². The van der Waals surface area contributed by atoms with Crippen molar-refractivity contribution in [3.63, 3.8) is 0 Å². The molecule has 1 aliphatic heterocycles. The predicted molar refractivity (Wildman–Crippen MR) is 78.8 cm³/mol. The molecule has 3 nitrogen and oxygen atoms in total. The quantitative estimate of drug-likeness (QED) is 0.923. The summed E-state index contributed by atoms with van der Waals surface area (Å²) in [5.41, 5.74) is 2.04. The fourth-order valence-electron chi connectivity index (χ4n) is 2.16. The Labute approximate surface area is 123 Å². The van der Waals surface area contributed by atoms with Gasteiger partial charge >= 0.3 is 0 Å². The molecule has 1 N–H and O–H groups in total. The largest absolute Gasteiger partial charge is 0.493 e. The normalized spacial score (nSPS) is 16.1. The molecule has 4 heteroatoms. The number of halogens is 1. The van der Waals surface area contributed by atoms with E-state index in [-0.39, 0.29) is 5.60 Å². The zero-order chi connectivity index (χ0) is 14.0. The molecule has 0 fully saturated rings. The van der Waals surface area contributed by atoms with Crippen molar-refractivity contribution in [2.75, 3.05) is 13.2 Å². The Morgan fingerprint density at radius 1 is 1.42 bits per heavy atom. The molecular weight excluding hydrogens is 308 g/mol. The molecule has 0 bridgehead atoms. The lowest BCUT2D eigenvalue weighted by atomic mass is 10.0. The Bertz CT molecular complexity index is 451. The second-order valence-electron chi connectivity index (χ2n) is 5.93. The molecule has 106 valence electrons. The lowest BCUT2D eigenvalue weighted by Crippen LogP contribution is -2.27. The summed E-state index contributed by atoms with van der Waals surface area (Å²) in [4.78, 5) is 0. The summed E-state index contributed by atoms with van der Waals surface area (Å²) in [6, 6.07) is 4.11. The Kier molecular flexibility index (Phi) is 4.54. The van der Waals surface area contributed by atoms with Crippen LogP contribution in [0.2, 0.25) is 0 Å². The zero-order valence-corrected chi connectivity index (χ0v) is 13.3. The molecular formula is C15H21BrO3. The van der Waals surface area contributed by atoms with Crippen LogP contribution in [0.3, 0.4) is 0 Å². The molecule has 0 aromatic heterocycles. The smallest absolute Gasteiger partial charge is 0.125 e. The Morgan fingerprint density at radius 2 is 2.16 bits per heavy atom. The molecule has 1 aromatic rings. The van der Waals surface area contributed by atoms with Gasteiger partial charge in [0.15, 0.2) is 0 Å². The van der Waals surface area contributed by atoms with E-state index in [1.54, 1.807) is 0 Å². The first kappa shape index (κ1) is 14.8. The summed E-state index contributed by atoms with van der Waals surface area (Å²) in [5, 5.41) is 10.1. The number of benzene rings is 1. The van der Waals surface area contributed by atoms with Crippen LogP contribution in [-0.4, -0.2) is 30.0 Å². The number of ether oxygens (including phenoxy) is 2. The molecule has 0 radical (unpaired) electrons. The van der Waals surface area contributed by atoms with Gasteiger partial charge in [0.1, 0.15) is 5.75 Å². The van der Waals surface area contributed by atoms with Gasteiger partial charge in [-0.15, -0.1) is 0 Å². The second kappa shape index (κ2) is 5.81. The van der Waals surface area contributed by atoms with Crippen molar-refractivity contribution in [2.24, 2.45) is 0 Å². The number of aliphatic hydroxyl groups is 1. The van der Waals surface area contributed by atoms with Crippen LogP contribution in [0.4, 0.5) is 0 Å². The molecule has 0 saturated carbocycles. The van der Waals surface area contributed by atoms with Crippen LogP contribution in [0.5, 0.6) is 5.75 Å². The van der Waals surface area contributed by atoms with Gasteiger partial charge < -0.3 is 14.6 Å². The molecule has 0 spiro atoms. The maximum atomic E-state index is 10.1. The number of fused-ring (bicyclic) bond motifs is 1. The topological polar surface area (TPSA) is 38.7 Å². The average Bonchev–Trinajstić information content (AvgIpc) is 2.73. The first-order chi connectivity index (χ1) is 8.85. The first-order valence-electron chi connectivity index (χ1n) is 6.61. The van der Waals surface area contributed by atoms with Gasteiger partial charge in [-0.1, -0.05) is 15.9 Å². The molecule has 0 amide bonds.